The molecular weight excluding hydrogens is 232 g/mol. The molecule has 0 aliphatic heterocycles. The highest BCUT2D eigenvalue weighted by Gasteiger charge is 2.13. The Morgan fingerprint density at radius 3 is 2.86 bits per heavy atom. The van der Waals surface area contributed by atoms with Gasteiger partial charge >= 0.3 is 0 Å². The second-order valence-corrected chi connectivity index (χ2v) is 3.30. The first kappa shape index (κ1) is 11.2. The number of hydrogen-bond acceptors (Lipinski definition) is 6. The van der Waals surface area contributed by atoms with Gasteiger partial charge in [-0.1, -0.05) is 11.6 Å². The van der Waals surface area contributed by atoms with E-state index in [-0.39, 0.29) is 10.7 Å². The lowest BCUT2D eigenvalue weighted by atomic mass is 10.3. The summed E-state index contributed by atoms with van der Waals surface area (Å²) in [5.74, 6) is 4.60. The number of halogens is 1. The van der Waals surface area contributed by atoms with Crippen LogP contribution in [0.15, 0.2) is 23.1 Å². The predicted molar refractivity (Wildman–Crippen MR) is 50.3 cm³/mol. The van der Waals surface area contributed by atoms with E-state index in [1.165, 1.54) is 12.1 Å². The Morgan fingerprint density at radius 2 is 2.29 bits per heavy atom. The van der Waals surface area contributed by atoms with Gasteiger partial charge in [-0.05, 0) is 12.1 Å². The van der Waals surface area contributed by atoms with Crippen LogP contribution in [-0.2, 0) is 9.32 Å². The normalized spacial score (nSPS) is 10.1. The maximum Gasteiger partial charge on any atom is 0.289 e. The van der Waals surface area contributed by atoms with Crippen molar-refractivity contribution >= 4 is 29.3 Å². The van der Waals surface area contributed by atoms with Crippen LogP contribution in [0.5, 0.6) is 0 Å². The maximum atomic E-state index is 10.5. The number of nitrogens with two attached hydrogens (primary N) is 1. The van der Waals surface area contributed by atoms with Crippen molar-refractivity contribution in [2.24, 2.45) is 5.90 Å². The topological polar surface area (TPSA) is 87.6 Å². The van der Waals surface area contributed by atoms with Gasteiger partial charge in [-0.2, -0.15) is 5.90 Å². The molecule has 8 heteroatoms. The van der Waals surface area contributed by atoms with Gasteiger partial charge in [-0.15, -0.1) is 9.32 Å². The molecule has 0 amide bonds. The lowest BCUT2D eigenvalue weighted by molar-refractivity contribution is -0.384. The van der Waals surface area contributed by atoms with Crippen LogP contribution in [0.2, 0.25) is 5.02 Å². The lowest BCUT2D eigenvalue weighted by Gasteiger charge is -1.99. The third kappa shape index (κ3) is 2.82. The van der Waals surface area contributed by atoms with E-state index in [1.807, 2.05) is 0 Å². The van der Waals surface area contributed by atoms with Crippen molar-refractivity contribution in [2.45, 2.75) is 4.90 Å². The molecule has 0 fully saturated rings. The predicted octanol–water partition coefficient (Wildman–Crippen LogP) is 2.08. The van der Waals surface area contributed by atoms with Gasteiger partial charge in [0, 0.05) is 11.0 Å². The number of nitro groups is 1. The zero-order chi connectivity index (χ0) is 10.6. The molecule has 6 nitrogen and oxygen atoms in total. The minimum absolute atomic E-state index is 0.0630. The zero-order valence-electron chi connectivity index (χ0n) is 6.68. The van der Waals surface area contributed by atoms with Crippen LogP contribution >= 0.6 is 23.6 Å². The smallest absolute Gasteiger partial charge is 0.258 e. The summed E-state index contributed by atoms with van der Waals surface area (Å²) in [6.07, 6.45) is 0. The van der Waals surface area contributed by atoms with E-state index in [2.05, 4.69) is 15.2 Å². The third-order valence-corrected chi connectivity index (χ3v) is 2.20. The van der Waals surface area contributed by atoms with Crippen LogP contribution in [0, 0.1) is 10.1 Å². The summed E-state index contributed by atoms with van der Waals surface area (Å²) in [5, 5.41) is 10.5. The third-order valence-electron chi connectivity index (χ3n) is 1.28. The van der Waals surface area contributed by atoms with Gasteiger partial charge in [0.05, 0.1) is 17.0 Å². The maximum absolute atomic E-state index is 10.5. The van der Waals surface area contributed by atoms with Crippen LogP contribution < -0.4 is 5.90 Å². The summed E-state index contributed by atoms with van der Waals surface area (Å²) in [5.41, 5.74) is -0.197. The fraction of sp³-hybridized carbons (Fsp3) is 0. The van der Waals surface area contributed by atoms with Crippen molar-refractivity contribution < 1.29 is 14.2 Å². The summed E-state index contributed by atoms with van der Waals surface area (Å²) in [7, 11) is 0. The fourth-order valence-corrected chi connectivity index (χ4v) is 1.33. The van der Waals surface area contributed by atoms with E-state index in [4.69, 9.17) is 11.6 Å². The van der Waals surface area contributed by atoms with Crippen LogP contribution in [0.25, 0.3) is 0 Å². The Labute approximate surface area is 88.2 Å². The molecule has 0 saturated carbocycles. The van der Waals surface area contributed by atoms with Gasteiger partial charge in [0.15, 0.2) is 0 Å². The van der Waals surface area contributed by atoms with Gasteiger partial charge in [-0.3, -0.25) is 10.1 Å². The molecule has 0 aromatic heterocycles. The van der Waals surface area contributed by atoms with Crippen LogP contribution in [0.3, 0.4) is 0 Å². The molecule has 0 spiro atoms. The van der Waals surface area contributed by atoms with Crippen molar-refractivity contribution in [3.05, 3.63) is 33.3 Å². The van der Waals surface area contributed by atoms with E-state index < -0.39 is 4.92 Å². The van der Waals surface area contributed by atoms with Gasteiger partial charge in [0.1, 0.15) is 5.02 Å². The van der Waals surface area contributed by atoms with Crippen molar-refractivity contribution in [2.75, 3.05) is 0 Å². The molecular formula is C6H5ClN2O4S. The van der Waals surface area contributed by atoms with Crippen LogP contribution in [0.4, 0.5) is 5.69 Å². The average Bonchev–Trinajstić information content (AvgIpc) is 2.16. The molecule has 0 aliphatic carbocycles. The van der Waals surface area contributed by atoms with Gasteiger partial charge < -0.3 is 0 Å². The number of benzene rings is 1. The lowest BCUT2D eigenvalue weighted by Crippen LogP contribution is -1.94. The summed E-state index contributed by atoms with van der Waals surface area (Å²) < 4.78 is 4.32. The molecule has 76 valence electrons. The van der Waals surface area contributed by atoms with Crippen molar-refractivity contribution in [3.63, 3.8) is 0 Å². The number of nitro benzene ring substituents is 1. The second-order valence-electron chi connectivity index (χ2n) is 2.12. The molecule has 1 rings (SSSR count). The first-order valence-corrected chi connectivity index (χ1v) is 4.41. The molecule has 2 N–H and O–H groups in total. The molecule has 14 heavy (non-hydrogen) atoms. The number of hydrogen-bond donors (Lipinski definition) is 1. The quantitative estimate of drug-likeness (QED) is 0.373. The molecule has 0 aliphatic rings. The minimum atomic E-state index is -0.588. The minimum Gasteiger partial charge on any atom is -0.258 e. The summed E-state index contributed by atoms with van der Waals surface area (Å²) in [6.45, 7) is 0. The first-order valence-electron chi connectivity index (χ1n) is 3.29. The number of nitrogens with zero attached hydrogens (tertiary/aromatic N) is 1. The molecule has 0 saturated heterocycles. The largest absolute Gasteiger partial charge is 0.289 e. The van der Waals surface area contributed by atoms with Gasteiger partial charge in [0.2, 0.25) is 0 Å². The Kier molecular flexibility index (Phi) is 4.11. The van der Waals surface area contributed by atoms with Crippen molar-refractivity contribution in [1.29, 1.82) is 0 Å². The van der Waals surface area contributed by atoms with Gasteiger partial charge in [0.25, 0.3) is 5.69 Å². The SMILES string of the molecule is NOOSc1ccc(Cl)c([N+](=O)[O-])c1. The summed E-state index contributed by atoms with van der Waals surface area (Å²) in [4.78, 5) is 14.2. The second kappa shape index (κ2) is 5.13. The molecule has 1 aromatic carbocycles. The zero-order valence-corrected chi connectivity index (χ0v) is 8.25. The monoisotopic (exact) mass is 236 g/mol. The summed E-state index contributed by atoms with van der Waals surface area (Å²) in [6, 6.07) is 4.19. The highest BCUT2D eigenvalue weighted by molar-refractivity contribution is 7.94. The Balaban J connectivity index is 2.89. The van der Waals surface area contributed by atoms with Crippen LogP contribution in [-0.4, -0.2) is 4.92 Å². The van der Waals surface area contributed by atoms with E-state index in [1.54, 1.807) is 6.07 Å². The van der Waals surface area contributed by atoms with E-state index in [9.17, 15) is 10.1 Å². The standard InChI is InChI=1S/C6H5ClN2O4S/c7-5-2-1-4(14-13-12-8)3-6(5)9(10)11/h1-3H,8H2. The fourth-order valence-electron chi connectivity index (χ4n) is 0.743. The Morgan fingerprint density at radius 1 is 1.57 bits per heavy atom. The molecule has 0 heterocycles. The molecule has 1 aromatic rings. The highest BCUT2D eigenvalue weighted by atomic mass is 35.5. The van der Waals surface area contributed by atoms with E-state index in [0.717, 1.165) is 12.0 Å². The van der Waals surface area contributed by atoms with Crippen molar-refractivity contribution in [1.82, 2.24) is 0 Å². The van der Waals surface area contributed by atoms with Gasteiger partial charge in [-0.25, -0.2) is 0 Å². The summed E-state index contributed by atoms with van der Waals surface area (Å²) >= 11 is 6.33. The number of rotatable bonds is 4. The molecule has 0 unspecified atom stereocenters. The Bertz CT molecular complexity index is 349. The van der Waals surface area contributed by atoms with E-state index in [0.29, 0.717) is 4.90 Å². The van der Waals surface area contributed by atoms with Crippen molar-refractivity contribution in [3.8, 4) is 0 Å². The molecule has 0 radical (unpaired) electrons. The van der Waals surface area contributed by atoms with E-state index >= 15 is 0 Å². The Hall–Kier alpha value is -0.860. The van der Waals surface area contributed by atoms with Crippen LogP contribution in [0.1, 0.15) is 0 Å². The first-order chi connectivity index (χ1) is 6.65. The molecule has 0 bridgehead atoms. The average molecular weight is 237 g/mol. The highest BCUT2D eigenvalue weighted by Crippen LogP contribution is 2.29. The molecule has 0 atom stereocenters.